The normalized spacial score (nSPS) is 18.8. The highest BCUT2D eigenvalue weighted by Gasteiger charge is 2.41. The summed E-state index contributed by atoms with van der Waals surface area (Å²) in [5, 5.41) is 28.0. The summed E-state index contributed by atoms with van der Waals surface area (Å²) in [5.41, 5.74) is 11.3. The van der Waals surface area contributed by atoms with E-state index in [9.17, 15) is 57.8 Å². The van der Waals surface area contributed by atoms with Gasteiger partial charge in [0.15, 0.2) is 0 Å². The van der Waals surface area contributed by atoms with Crippen LogP contribution in [0, 0.1) is 29.6 Å². The minimum absolute atomic E-state index is 0.0356. The van der Waals surface area contributed by atoms with Gasteiger partial charge in [-0.05, 0) is 87.9 Å². The fourth-order valence-corrected chi connectivity index (χ4v) is 8.46. The molecule has 2 saturated heterocycles. The maximum Gasteiger partial charge on any atom is 0.326 e. The van der Waals surface area contributed by atoms with E-state index < -0.39 is 132 Å². The molecule has 2 aliphatic rings. The Kier molecular flexibility index (Phi) is 24.9. The third kappa shape index (κ3) is 19.7. The first-order chi connectivity index (χ1) is 33.0. The third-order valence-electron chi connectivity index (χ3n) is 12.4. The molecule has 0 bridgehead atoms. The predicted octanol–water partition coefficient (Wildman–Crippen LogP) is -0.859. The predicted molar refractivity (Wildman–Crippen MR) is 262 cm³/mol. The zero-order valence-corrected chi connectivity index (χ0v) is 43.6. The van der Waals surface area contributed by atoms with Crippen LogP contribution in [0.15, 0.2) is 0 Å². The van der Waals surface area contributed by atoms with Crippen LogP contribution in [0.4, 0.5) is 0 Å². The van der Waals surface area contributed by atoms with Crippen molar-refractivity contribution in [1.29, 1.82) is 0 Å². The molecule has 0 aliphatic carbocycles. The number of aliphatic carboxylic acids is 1. The van der Waals surface area contributed by atoms with Crippen molar-refractivity contribution < 1.29 is 57.8 Å². The quantitative estimate of drug-likeness (QED) is 0.0457. The highest BCUT2D eigenvalue weighted by molar-refractivity contribution is 5.98. The first kappa shape index (κ1) is 61.3. The molecule has 71 heavy (non-hydrogen) atoms. The molecule has 0 aromatic rings. The number of likely N-dealkylation sites (tertiary alicyclic amines) is 2. The number of primary amides is 1. The Morgan fingerprint density at radius 1 is 0.549 bits per heavy atom. The highest BCUT2D eigenvalue weighted by Crippen LogP contribution is 2.23. The van der Waals surface area contributed by atoms with Crippen molar-refractivity contribution in [3.05, 3.63) is 0 Å². The summed E-state index contributed by atoms with van der Waals surface area (Å²) in [4.78, 5) is 148. The van der Waals surface area contributed by atoms with Crippen molar-refractivity contribution in [2.45, 2.75) is 188 Å². The first-order valence-corrected chi connectivity index (χ1v) is 25.0. The number of nitrogens with zero attached hydrogens (tertiary/aromatic N) is 2. The van der Waals surface area contributed by atoms with Gasteiger partial charge in [0.1, 0.15) is 48.3 Å². The number of hydrogen-bond donors (Lipinski definition) is 10. The topological polar surface area (TPSA) is 351 Å². The Morgan fingerprint density at radius 2 is 1.01 bits per heavy atom. The number of carbonyl (C=O) groups is 11. The number of carboxylic acids is 1. The van der Waals surface area contributed by atoms with Gasteiger partial charge in [0.2, 0.25) is 59.1 Å². The summed E-state index contributed by atoms with van der Waals surface area (Å²) < 4.78 is 0. The molecule has 12 N–H and O–H groups in total. The van der Waals surface area contributed by atoms with Crippen molar-refractivity contribution >= 4 is 65.0 Å². The van der Waals surface area contributed by atoms with Crippen LogP contribution in [0.25, 0.3) is 0 Å². The number of nitrogens with one attached hydrogen (secondary N) is 7. The fraction of sp³-hybridized carbons (Fsp3) is 0.771. The van der Waals surface area contributed by atoms with Gasteiger partial charge in [0.25, 0.3) is 0 Å². The molecule has 9 atom stereocenters. The summed E-state index contributed by atoms with van der Waals surface area (Å²) in [6, 6.07) is -9.80. The maximum atomic E-state index is 14.3. The summed E-state index contributed by atoms with van der Waals surface area (Å²) >= 11 is 0. The van der Waals surface area contributed by atoms with Gasteiger partial charge in [0, 0.05) is 19.5 Å². The lowest BCUT2D eigenvalue weighted by Gasteiger charge is -2.32. The smallest absolute Gasteiger partial charge is 0.326 e. The fourth-order valence-electron chi connectivity index (χ4n) is 8.46. The van der Waals surface area contributed by atoms with E-state index in [2.05, 4.69) is 37.2 Å². The Morgan fingerprint density at radius 3 is 1.49 bits per heavy atom. The molecule has 0 aromatic heterocycles. The van der Waals surface area contributed by atoms with Gasteiger partial charge < -0.3 is 63.6 Å². The molecule has 0 spiro atoms. The van der Waals surface area contributed by atoms with E-state index >= 15 is 0 Å². The van der Waals surface area contributed by atoms with E-state index in [1.54, 1.807) is 27.7 Å². The molecule has 2 heterocycles. The SMILES string of the molecule is CC(C)C[C@H](NC(=O)[C@@H](N)C(C)C)C(=O)N[C@@H](CCC(N)=O)C(=O)NCC(=O)N[C@H](C(=O)N[C@@H](CC(C)C)C(=O)N1CCC[C@H]1C(=O)N[C@@H](C)C(=O)N[C@@H](CC(C)C)C(=O)N1CCC[C@H]1C(=O)O)C(C)C. The molecule has 2 rings (SSSR count). The molecule has 0 radical (unpaired) electrons. The minimum Gasteiger partial charge on any atom is -0.480 e. The lowest BCUT2D eigenvalue weighted by atomic mass is 9.99. The molecule has 2 aliphatic heterocycles. The van der Waals surface area contributed by atoms with Crippen LogP contribution in [0.3, 0.4) is 0 Å². The van der Waals surface area contributed by atoms with Crippen LogP contribution in [0.2, 0.25) is 0 Å². The van der Waals surface area contributed by atoms with Gasteiger partial charge in [-0.2, -0.15) is 0 Å². The highest BCUT2D eigenvalue weighted by atomic mass is 16.4. The molecular formula is C48H83N11O12. The lowest BCUT2D eigenvalue weighted by Crippen LogP contribution is -2.60. The van der Waals surface area contributed by atoms with Gasteiger partial charge in [0.05, 0.1) is 12.6 Å². The van der Waals surface area contributed by atoms with Crippen LogP contribution in [0.1, 0.15) is 134 Å². The molecule has 10 amide bonds. The van der Waals surface area contributed by atoms with Crippen molar-refractivity contribution in [2.75, 3.05) is 19.6 Å². The number of carbonyl (C=O) groups excluding carboxylic acids is 10. The van der Waals surface area contributed by atoms with E-state index in [1.807, 2.05) is 41.5 Å². The van der Waals surface area contributed by atoms with Crippen molar-refractivity contribution in [3.63, 3.8) is 0 Å². The number of carboxylic acid groups (broad SMARTS) is 1. The molecular weight excluding hydrogens is 923 g/mol. The second kappa shape index (κ2) is 28.8. The van der Waals surface area contributed by atoms with Crippen molar-refractivity contribution in [1.82, 2.24) is 47.0 Å². The largest absolute Gasteiger partial charge is 0.480 e. The zero-order valence-electron chi connectivity index (χ0n) is 43.6. The Balaban J connectivity index is 2.16. The molecule has 0 saturated carbocycles. The lowest BCUT2D eigenvalue weighted by molar-refractivity contribution is -0.149. The van der Waals surface area contributed by atoms with Crippen LogP contribution in [0.5, 0.6) is 0 Å². The van der Waals surface area contributed by atoms with Gasteiger partial charge in [-0.25, -0.2) is 4.79 Å². The summed E-state index contributed by atoms with van der Waals surface area (Å²) in [6.45, 7) is 19.1. The van der Waals surface area contributed by atoms with Crippen LogP contribution in [-0.2, 0) is 52.7 Å². The molecule has 23 heteroatoms. The van der Waals surface area contributed by atoms with Crippen LogP contribution in [-0.4, -0.2) is 154 Å². The van der Waals surface area contributed by atoms with Gasteiger partial charge in [-0.1, -0.05) is 69.2 Å². The third-order valence-corrected chi connectivity index (χ3v) is 12.4. The van der Waals surface area contributed by atoms with Gasteiger partial charge in [-0.15, -0.1) is 0 Å². The zero-order chi connectivity index (χ0) is 54.0. The Labute approximate surface area is 417 Å². The van der Waals surface area contributed by atoms with Crippen molar-refractivity contribution in [3.8, 4) is 0 Å². The summed E-state index contributed by atoms with van der Waals surface area (Å²) in [7, 11) is 0. The Hall–Kier alpha value is -5.87. The number of rotatable bonds is 28. The molecule has 23 nitrogen and oxygen atoms in total. The van der Waals surface area contributed by atoms with Crippen LogP contribution >= 0.6 is 0 Å². The van der Waals surface area contributed by atoms with E-state index in [0.717, 1.165) is 0 Å². The average Bonchev–Trinajstić information content (AvgIpc) is 3.98. The van der Waals surface area contributed by atoms with Crippen LogP contribution < -0.4 is 48.7 Å². The first-order valence-electron chi connectivity index (χ1n) is 25.0. The number of hydrogen-bond acceptors (Lipinski definition) is 12. The molecule has 402 valence electrons. The van der Waals surface area contributed by atoms with E-state index in [4.69, 9.17) is 11.5 Å². The standard InChI is InChI=1S/C48H83N11O12/c1-24(2)20-31(54-44(66)38(50)27(7)8)42(64)53-30(16-17-36(49)60)41(63)51-23-37(61)57-39(28(9)10)45(67)56-33(22-26(5)6)46(68)58-18-12-14-34(58)43(65)52-29(11)40(62)55-32(21-25(3)4)47(69)59-19-13-15-35(59)48(70)71/h24-35,38-39H,12-23,50H2,1-11H3,(H2,49,60)(H,51,63)(H,52,65)(H,53,64)(H,54,66)(H,55,62)(H,56,67)(H,57,61)(H,70,71)/t29-,30-,31-,32-,33-,34-,35-,38-,39-/m0/s1. The number of amides is 10. The molecule has 0 unspecified atom stereocenters. The summed E-state index contributed by atoms with van der Waals surface area (Å²) in [6.07, 6.45) is 1.61. The monoisotopic (exact) mass is 1010 g/mol. The van der Waals surface area contributed by atoms with E-state index in [-0.39, 0.29) is 75.3 Å². The number of nitrogens with two attached hydrogens (primary N) is 2. The minimum atomic E-state index is -1.34. The second-order valence-electron chi connectivity index (χ2n) is 20.9. The van der Waals surface area contributed by atoms with Crippen molar-refractivity contribution in [2.24, 2.45) is 41.1 Å². The van der Waals surface area contributed by atoms with Gasteiger partial charge >= 0.3 is 5.97 Å². The molecule has 2 fully saturated rings. The molecule has 0 aromatic carbocycles. The summed E-state index contributed by atoms with van der Waals surface area (Å²) in [5.74, 6) is -8.78. The maximum absolute atomic E-state index is 14.3. The van der Waals surface area contributed by atoms with E-state index in [1.165, 1.54) is 16.7 Å². The van der Waals surface area contributed by atoms with Gasteiger partial charge in [-0.3, -0.25) is 47.9 Å². The average molecular weight is 1010 g/mol. The van der Waals surface area contributed by atoms with E-state index in [0.29, 0.717) is 19.3 Å². The second-order valence-corrected chi connectivity index (χ2v) is 20.9. The Bertz CT molecular complexity index is 1910.